The van der Waals surface area contributed by atoms with Gasteiger partial charge in [-0.2, -0.15) is 0 Å². The Bertz CT molecular complexity index is 725. The highest BCUT2D eigenvalue weighted by atomic mass is 16.2. The van der Waals surface area contributed by atoms with Crippen LogP contribution < -0.4 is 5.32 Å². The van der Waals surface area contributed by atoms with Crippen LogP contribution in [0.5, 0.6) is 0 Å². The minimum Gasteiger partial charge on any atom is -0.352 e. The third kappa shape index (κ3) is 4.66. The number of pyridine rings is 1. The molecule has 25 heavy (non-hydrogen) atoms. The van der Waals surface area contributed by atoms with Crippen LogP contribution in [-0.4, -0.2) is 41.3 Å². The zero-order valence-electron chi connectivity index (χ0n) is 14.3. The fourth-order valence-electron chi connectivity index (χ4n) is 3.03. The summed E-state index contributed by atoms with van der Waals surface area (Å²) in [6.45, 7) is 2.17. The zero-order valence-corrected chi connectivity index (χ0v) is 14.3. The van der Waals surface area contributed by atoms with Crippen LogP contribution >= 0.6 is 0 Å². The number of likely N-dealkylation sites (tertiary alicyclic amines) is 1. The molecule has 0 unspecified atom stereocenters. The van der Waals surface area contributed by atoms with Crippen molar-refractivity contribution in [2.45, 2.75) is 25.7 Å². The van der Waals surface area contributed by atoms with Crippen molar-refractivity contribution in [3.63, 3.8) is 0 Å². The normalized spacial score (nSPS) is 13.7. The standard InChI is InChI=1S/C20H23N3O2/c24-19(22-10-6-9-16-7-2-1-3-8-16)17-13-18(15-21-14-17)20(25)23-11-4-5-12-23/h1-3,7-8,13-15H,4-6,9-12H2,(H,22,24). The fourth-order valence-corrected chi connectivity index (χ4v) is 3.03. The van der Waals surface area contributed by atoms with Crippen molar-refractivity contribution in [3.05, 3.63) is 65.5 Å². The van der Waals surface area contributed by atoms with Crippen LogP contribution in [0.15, 0.2) is 48.8 Å². The van der Waals surface area contributed by atoms with Gasteiger partial charge in [0.1, 0.15) is 0 Å². The molecule has 0 bridgehead atoms. The molecule has 1 aromatic carbocycles. The number of nitrogens with one attached hydrogen (secondary N) is 1. The molecule has 1 saturated heterocycles. The Morgan fingerprint density at radius 3 is 2.52 bits per heavy atom. The van der Waals surface area contributed by atoms with Crippen LogP contribution in [0.25, 0.3) is 0 Å². The summed E-state index contributed by atoms with van der Waals surface area (Å²) in [5.74, 6) is -0.222. The van der Waals surface area contributed by atoms with E-state index in [1.165, 1.54) is 18.0 Å². The lowest BCUT2D eigenvalue weighted by Crippen LogP contribution is -2.29. The quantitative estimate of drug-likeness (QED) is 0.825. The Labute approximate surface area is 148 Å². The van der Waals surface area contributed by atoms with Crippen LogP contribution in [0.2, 0.25) is 0 Å². The first kappa shape index (κ1) is 17.1. The predicted octanol–water partition coefficient (Wildman–Crippen LogP) is 2.68. The molecular formula is C20H23N3O2. The molecule has 1 fully saturated rings. The molecule has 1 aliphatic rings. The average Bonchev–Trinajstić information content (AvgIpc) is 3.20. The van der Waals surface area contributed by atoms with E-state index >= 15 is 0 Å². The van der Waals surface area contributed by atoms with Gasteiger partial charge in [-0.3, -0.25) is 14.6 Å². The second kappa shape index (κ2) is 8.42. The first-order valence-corrected chi connectivity index (χ1v) is 8.80. The van der Waals surface area contributed by atoms with Gasteiger partial charge in [-0.25, -0.2) is 0 Å². The molecule has 1 N–H and O–H groups in total. The maximum atomic E-state index is 12.4. The lowest BCUT2D eigenvalue weighted by Gasteiger charge is -2.15. The lowest BCUT2D eigenvalue weighted by atomic mass is 10.1. The van der Waals surface area contributed by atoms with Gasteiger partial charge < -0.3 is 10.2 Å². The number of aryl methyl sites for hydroxylation is 1. The molecule has 0 atom stereocenters. The third-order valence-electron chi connectivity index (χ3n) is 4.41. The molecule has 1 aliphatic heterocycles. The maximum Gasteiger partial charge on any atom is 0.255 e. The summed E-state index contributed by atoms with van der Waals surface area (Å²) in [5.41, 5.74) is 2.18. The number of amides is 2. The topological polar surface area (TPSA) is 62.3 Å². The molecular weight excluding hydrogens is 314 g/mol. The number of carbonyl (C=O) groups is 2. The van der Waals surface area contributed by atoms with E-state index in [0.29, 0.717) is 17.7 Å². The molecule has 5 nitrogen and oxygen atoms in total. The summed E-state index contributed by atoms with van der Waals surface area (Å²) >= 11 is 0. The average molecular weight is 337 g/mol. The van der Waals surface area contributed by atoms with E-state index in [1.807, 2.05) is 23.1 Å². The van der Waals surface area contributed by atoms with E-state index < -0.39 is 0 Å². The first-order chi connectivity index (χ1) is 12.2. The Morgan fingerprint density at radius 2 is 1.76 bits per heavy atom. The van der Waals surface area contributed by atoms with Crippen molar-refractivity contribution in [1.29, 1.82) is 0 Å². The SMILES string of the molecule is O=C(NCCCc1ccccc1)c1cncc(C(=O)N2CCCC2)c1. The van der Waals surface area contributed by atoms with E-state index in [2.05, 4.69) is 22.4 Å². The van der Waals surface area contributed by atoms with E-state index in [4.69, 9.17) is 0 Å². The summed E-state index contributed by atoms with van der Waals surface area (Å²) in [5, 5.41) is 2.90. The predicted molar refractivity (Wildman–Crippen MR) is 96.5 cm³/mol. The van der Waals surface area contributed by atoms with E-state index in [1.54, 1.807) is 6.07 Å². The molecule has 3 rings (SSSR count). The van der Waals surface area contributed by atoms with Gasteiger partial charge in [0.05, 0.1) is 11.1 Å². The van der Waals surface area contributed by atoms with E-state index in [9.17, 15) is 9.59 Å². The van der Waals surface area contributed by atoms with Crippen molar-refractivity contribution in [1.82, 2.24) is 15.2 Å². The molecule has 130 valence electrons. The molecule has 0 spiro atoms. The van der Waals surface area contributed by atoms with E-state index in [0.717, 1.165) is 38.8 Å². The second-order valence-electron chi connectivity index (χ2n) is 6.31. The Morgan fingerprint density at radius 1 is 1.04 bits per heavy atom. The third-order valence-corrected chi connectivity index (χ3v) is 4.41. The Kier molecular flexibility index (Phi) is 5.77. The van der Waals surface area contributed by atoms with Gasteiger partial charge in [0.15, 0.2) is 0 Å². The number of hydrogen-bond donors (Lipinski definition) is 1. The van der Waals surface area contributed by atoms with Crippen LogP contribution in [0.3, 0.4) is 0 Å². The molecule has 0 radical (unpaired) electrons. The molecule has 2 amide bonds. The smallest absolute Gasteiger partial charge is 0.255 e. The minimum atomic E-state index is -0.184. The molecule has 1 aromatic heterocycles. The summed E-state index contributed by atoms with van der Waals surface area (Å²) in [4.78, 5) is 30.6. The maximum absolute atomic E-state index is 12.4. The Balaban J connectivity index is 1.51. The number of nitrogens with zero attached hydrogens (tertiary/aromatic N) is 2. The van der Waals surface area contributed by atoms with Crippen molar-refractivity contribution < 1.29 is 9.59 Å². The van der Waals surface area contributed by atoms with Crippen molar-refractivity contribution in [2.24, 2.45) is 0 Å². The number of rotatable bonds is 6. The highest BCUT2D eigenvalue weighted by Crippen LogP contribution is 2.13. The van der Waals surface area contributed by atoms with Crippen molar-refractivity contribution in [2.75, 3.05) is 19.6 Å². The number of carbonyl (C=O) groups excluding carboxylic acids is 2. The van der Waals surface area contributed by atoms with Gasteiger partial charge in [0.25, 0.3) is 11.8 Å². The highest BCUT2D eigenvalue weighted by molar-refractivity contribution is 5.99. The largest absolute Gasteiger partial charge is 0.352 e. The molecule has 2 aromatic rings. The Hall–Kier alpha value is -2.69. The minimum absolute atomic E-state index is 0.0382. The van der Waals surface area contributed by atoms with Gasteiger partial charge in [0.2, 0.25) is 0 Å². The van der Waals surface area contributed by atoms with Crippen molar-refractivity contribution >= 4 is 11.8 Å². The van der Waals surface area contributed by atoms with Gasteiger partial charge >= 0.3 is 0 Å². The van der Waals surface area contributed by atoms with E-state index in [-0.39, 0.29) is 11.8 Å². The number of benzene rings is 1. The van der Waals surface area contributed by atoms with Crippen LogP contribution in [0.4, 0.5) is 0 Å². The van der Waals surface area contributed by atoms with Gasteiger partial charge in [-0.15, -0.1) is 0 Å². The summed E-state index contributed by atoms with van der Waals surface area (Å²) in [6.07, 6.45) is 6.92. The molecule has 2 heterocycles. The summed E-state index contributed by atoms with van der Waals surface area (Å²) in [6, 6.07) is 11.8. The molecule has 0 aliphatic carbocycles. The molecule has 0 saturated carbocycles. The number of aromatic nitrogens is 1. The summed E-state index contributed by atoms with van der Waals surface area (Å²) < 4.78 is 0. The second-order valence-corrected chi connectivity index (χ2v) is 6.31. The summed E-state index contributed by atoms with van der Waals surface area (Å²) in [7, 11) is 0. The zero-order chi connectivity index (χ0) is 17.5. The number of hydrogen-bond acceptors (Lipinski definition) is 3. The van der Waals surface area contributed by atoms with Gasteiger partial charge in [-0.05, 0) is 37.3 Å². The van der Waals surface area contributed by atoms with Gasteiger partial charge in [0, 0.05) is 32.0 Å². The van der Waals surface area contributed by atoms with Crippen LogP contribution in [0.1, 0.15) is 45.5 Å². The van der Waals surface area contributed by atoms with Crippen molar-refractivity contribution in [3.8, 4) is 0 Å². The fraction of sp³-hybridized carbons (Fsp3) is 0.350. The lowest BCUT2D eigenvalue weighted by molar-refractivity contribution is 0.0792. The van der Waals surface area contributed by atoms with Crippen LogP contribution in [0, 0.1) is 0 Å². The monoisotopic (exact) mass is 337 g/mol. The molecule has 5 heteroatoms. The van der Waals surface area contributed by atoms with Crippen LogP contribution in [-0.2, 0) is 6.42 Å². The first-order valence-electron chi connectivity index (χ1n) is 8.80. The van der Waals surface area contributed by atoms with Gasteiger partial charge in [-0.1, -0.05) is 30.3 Å². The highest BCUT2D eigenvalue weighted by Gasteiger charge is 2.20.